The molecular formula is C24H20N2O2S. The number of para-hydroxylation sites is 1. The van der Waals surface area contributed by atoms with Gasteiger partial charge in [0.25, 0.3) is 0 Å². The van der Waals surface area contributed by atoms with E-state index in [1.165, 1.54) is 4.70 Å². The number of hydrogen-bond acceptors (Lipinski definition) is 5. The number of aromatic nitrogens is 1. The molecule has 144 valence electrons. The molecule has 1 aliphatic rings. The van der Waals surface area contributed by atoms with Gasteiger partial charge in [0.2, 0.25) is 0 Å². The van der Waals surface area contributed by atoms with Gasteiger partial charge in [-0.3, -0.25) is 4.79 Å². The van der Waals surface area contributed by atoms with Crippen molar-refractivity contribution in [1.29, 1.82) is 0 Å². The maximum absolute atomic E-state index is 13.1. The van der Waals surface area contributed by atoms with Gasteiger partial charge >= 0.3 is 5.97 Å². The Morgan fingerprint density at radius 1 is 0.897 bits per heavy atom. The summed E-state index contributed by atoms with van der Waals surface area (Å²) in [5.74, 6) is -0.606. The smallest absolute Gasteiger partial charge is 0.318 e. The molecule has 0 bridgehead atoms. The zero-order valence-electron chi connectivity index (χ0n) is 15.8. The van der Waals surface area contributed by atoms with Crippen LogP contribution in [0.15, 0.2) is 84.9 Å². The highest BCUT2D eigenvalue weighted by Gasteiger charge is 2.34. The lowest BCUT2D eigenvalue weighted by atomic mass is 9.91. The van der Waals surface area contributed by atoms with Crippen LogP contribution in [0.1, 0.15) is 17.0 Å². The Kier molecular flexibility index (Phi) is 4.74. The molecule has 1 aromatic heterocycles. The largest absolute Gasteiger partial charge is 0.458 e. The Labute approximate surface area is 173 Å². The molecule has 0 saturated carbocycles. The average Bonchev–Trinajstić information content (AvgIpc) is 3.16. The summed E-state index contributed by atoms with van der Waals surface area (Å²) in [7, 11) is 0. The van der Waals surface area contributed by atoms with E-state index in [9.17, 15) is 4.79 Å². The predicted octanol–water partition coefficient (Wildman–Crippen LogP) is 4.86. The van der Waals surface area contributed by atoms with Crippen molar-refractivity contribution in [3.63, 3.8) is 0 Å². The molecule has 1 saturated heterocycles. The lowest BCUT2D eigenvalue weighted by Crippen LogP contribution is -2.53. The minimum atomic E-state index is -0.408. The first-order valence-electron chi connectivity index (χ1n) is 9.69. The van der Waals surface area contributed by atoms with Gasteiger partial charge in [0.1, 0.15) is 12.0 Å². The molecule has 4 nitrogen and oxygen atoms in total. The fourth-order valence-corrected chi connectivity index (χ4v) is 4.64. The van der Waals surface area contributed by atoms with Crippen molar-refractivity contribution in [2.75, 3.05) is 18.0 Å². The third-order valence-electron chi connectivity index (χ3n) is 5.19. The van der Waals surface area contributed by atoms with Crippen molar-refractivity contribution in [2.24, 2.45) is 0 Å². The van der Waals surface area contributed by atoms with Crippen molar-refractivity contribution in [3.05, 3.63) is 96.1 Å². The standard InChI is InChI=1S/C24H20N2O2S/c27-23(22(17-9-3-1-4-10-17)18-11-5-2-6-12-18)28-19-15-26(16-19)24-25-20-13-7-8-14-21(20)29-24/h1-14,19,22H,15-16H2. The predicted molar refractivity (Wildman–Crippen MR) is 116 cm³/mol. The molecule has 3 aromatic carbocycles. The third-order valence-corrected chi connectivity index (χ3v) is 6.28. The monoisotopic (exact) mass is 400 g/mol. The highest BCUT2D eigenvalue weighted by molar-refractivity contribution is 7.22. The number of carbonyl (C=O) groups excluding carboxylic acids is 1. The summed E-state index contributed by atoms with van der Waals surface area (Å²) in [5.41, 5.74) is 2.92. The number of fused-ring (bicyclic) bond motifs is 1. The number of hydrogen-bond donors (Lipinski definition) is 0. The van der Waals surface area contributed by atoms with E-state index in [1.807, 2.05) is 78.9 Å². The van der Waals surface area contributed by atoms with E-state index in [1.54, 1.807) is 11.3 Å². The first-order chi connectivity index (χ1) is 14.3. The Morgan fingerprint density at radius 3 is 2.10 bits per heavy atom. The molecule has 5 rings (SSSR count). The summed E-state index contributed by atoms with van der Waals surface area (Å²) >= 11 is 1.68. The van der Waals surface area contributed by atoms with E-state index >= 15 is 0 Å². The summed E-state index contributed by atoms with van der Waals surface area (Å²) < 4.78 is 7.06. The lowest BCUT2D eigenvalue weighted by Gasteiger charge is -2.38. The Bertz CT molecular complexity index is 1050. The molecule has 1 fully saturated rings. The van der Waals surface area contributed by atoms with Crippen molar-refractivity contribution >= 4 is 32.7 Å². The zero-order valence-corrected chi connectivity index (χ0v) is 16.6. The van der Waals surface area contributed by atoms with E-state index in [-0.39, 0.29) is 12.1 Å². The molecule has 2 heterocycles. The van der Waals surface area contributed by atoms with E-state index < -0.39 is 5.92 Å². The van der Waals surface area contributed by atoms with Crippen LogP contribution >= 0.6 is 11.3 Å². The van der Waals surface area contributed by atoms with Crippen molar-refractivity contribution < 1.29 is 9.53 Å². The second kappa shape index (κ2) is 7.68. The number of anilines is 1. The zero-order chi connectivity index (χ0) is 19.6. The Morgan fingerprint density at radius 2 is 1.48 bits per heavy atom. The number of esters is 1. The normalized spacial score (nSPS) is 14.2. The quantitative estimate of drug-likeness (QED) is 0.449. The number of ether oxygens (including phenoxy) is 1. The van der Waals surface area contributed by atoms with Gasteiger partial charge in [-0.15, -0.1) is 0 Å². The number of carbonyl (C=O) groups is 1. The van der Waals surface area contributed by atoms with Gasteiger partial charge < -0.3 is 9.64 Å². The van der Waals surface area contributed by atoms with Crippen LogP contribution in [0.3, 0.4) is 0 Å². The number of thiazole rings is 1. The Hall–Kier alpha value is -3.18. The molecule has 4 aromatic rings. The summed E-state index contributed by atoms with van der Waals surface area (Å²) in [6.45, 7) is 1.36. The summed E-state index contributed by atoms with van der Waals surface area (Å²) in [5, 5.41) is 0.987. The molecule has 1 aliphatic heterocycles. The van der Waals surface area contributed by atoms with Crippen LogP contribution in [-0.2, 0) is 9.53 Å². The number of nitrogens with zero attached hydrogens (tertiary/aromatic N) is 2. The van der Waals surface area contributed by atoms with Crippen molar-refractivity contribution in [1.82, 2.24) is 4.98 Å². The summed E-state index contributed by atoms with van der Waals surface area (Å²) in [6.07, 6.45) is -0.107. The van der Waals surface area contributed by atoms with Gasteiger partial charge in [-0.25, -0.2) is 4.98 Å². The van der Waals surface area contributed by atoms with Crippen molar-refractivity contribution in [2.45, 2.75) is 12.0 Å². The van der Waals surface area contributed by atoms with Crippen LogP contribution in [0.2, 0.25) is 0 Å². The van der Waals surface area contributed by atoms with Gasteiger partial charge in [-0.05, 0) is 23.3 Å². The van der Waals surface area contributed by atoms with Gasteiger partial charge in [-0.1, -0.05) is 84.1 Å². The average molecular weight is 401 g/mol. The highest BCUT2D eigenvalue weighted by atomic mass is 32.1. The van der Waals surface area contributed by atoms with Crippen LogP contribution < -0.4 is 4.90 Å². The molecule has 0 spiro atoms. The highest BCUT2D eigenvalue weighted by Crippen LogP contribution is 2.33. The molecule has 0 unspecified atom stereocenters. The summed E-state index contributed by atoms with van der Waals surface area (Å²) in [6, 6.07) is 27.8. The molecule has 0 N–H and O–H groups in total. The SMILES string of the molecule is O=C(OC1CN(c2nc3ccccc3s2)C1)C(c1ccccc1)c1ccccc1. The van der Waals surface area contributed by atoms with Crippen LogP contribution in [-0.4, -0.2) is 30.1 Å². The van der Waals surface area contributed by atoms with Crippen LogP contribution in [0.4, 0.5) is 5.13 Å². The second-order valence-electron chi connectivity index (χ2n) is 7.18. The van der Waals surface area contributed by atoms with Crippen LogP contribution in [0.25, 0.3) is 10.2 Å². The Balaban J connectivity index is 1.29. The fraction of sp³-hybridized carbons (Fsp3) is 0.167. The third kappa shape index (κ3) is 3.61. The van der Waals surface area contributed by atoms with Gasteiger partial charge in [-0.2, -0.15) is 0 Å². The molecule has 29 heavy (non-hydrogen) atoms. The number of benzene rings is 3. The van der Waals surface area contributed by atoms with E-state index in [0.29, 0.717) is 13.1 Å². The second-order valence-corrected chi connectivity index (χ2v) is 8.19. The molecule has 5 heteroatoms. The van der Waals surface area contributed by atoms with E-state index in [2.05, 4.69) is 16.0 Å². The lowest BCUT2D eigenvalue weighted by molar-refractivity contribution is -0.151. The maximum Gasteiger partial charge on any atom is 0.318 e. The van der Waals surface area contributed by atoms with Gasteiger partial charge in [0, 0.05) is 0 Å². The van der Waals surface area contributed by atoms with Crippen LogP contribution in [0, 0.1) is 0 Å². The topological polar surface area (TPSA) is 42.4 Å². The van der Waals surface area contributed by atoms with Crippen molar-refractivity contribution in [3.8, 4) is 0 Å². The molecular weight excluding hydrogens is 380 g/mol. The first kappa shape index (κ1) is 17.9. The van der Waals surface area contributed by atoms with Crippen LogP contribution in [0.5, 0.6) is 0 Å². The number of rotatable bonds is 5. The van der Waals surface area contributed by atoms with E-state index in [4.69, 9.17) is 4.74 Å². The first-order valence-corrected chi connectivity index (χ1v) is 10.5. The minimum absolute atomic E-state index is 0.107. The molecule has 0 amide bonds. The molecule has 0 aliphatic carbocycles. The van der Waals surface area contributed by atoms with Gasteiger partial charge in [0.15, 0.2) is 5.13 Å². The maximum atomic E-state index is 13.1. The summed E-state index contributed by atoms with van der Waals surface area (Å²) in [4.78, 5) is 19.9. The fourth-order valence-electron chi connectivity index (χ4n) is 3.65. The molecule has 0 radical (unpaired) electrons. The minimum Gasteiger partial charge on any atom is -0.458 e. The molecule has 0 atom stereocenters. The van der Waals surface area contributed by atoms with Gasteiger partial charge in [0.05, 0.1) is 23.3 Å². The van der Waals surface area contributed by atoms with E-state index in [0.717, 1.165) is 21.8 Å².